The maximum Gasteiger partial charge on any atom is 0.382 e. The summed E-state index contributed by atoms with van der Waals surface area (Å²) in [5, 5.41) is 4.42. The lowest BCUT2D eigenvalue weighted by molar-refractivity contribution is -0.135. The Bertz CT molecular complexity index is 250. The standard InChI is InChI=1S/C4H10N2O4S2/c5-3(1-2-11)4(7)10-12(6,8)9/h3,11H,1-2,5H2,(H2,6,8,9)/t3-/m0/s1. The molecule has 0 fully saturated rings. The van der Waals surface area contributed by atoms with Crippen molar-refractivity contribution in [2.24, 2.45) is 10.9 Å². The number of hydrogen-bond donors (Lipinski definition) is 3. The zero-order valence-corrected chi connectivity index (χ0v) is 7.85. The summed E-state index contributed by atoms with van der Waals surface area (Å²) in [4.78, 5) is 10.7. The second kappa shape index (κ2) is 4.65. The van der Waals surface area contributed by atoms with Crippen molar-refractivity contribution in [1.82, 2.24) is 0 Å². The van der Waals surface area contributed by atoms with Crippen LogP contribution in [-0.4, -0.2) is 26.2 Å². The van der Waals surface area contributed by atoms with Gasteiger partial charge in [0, 0.05) is 0 Å². The smallest absolute Gasteiger partial charge is 0.333 e. The average molecular weight is 214 g/mol. The predicted octanol–water partition coefficient (Wildman–Crippen LogP) is -1.62. The van der Waals surface area contributed by atoms with Gasteiger partial charge in [-0.25, -0.2) is 4.79 Å². The summed E-state index contributed by atoms with van der Waals surface area (Å²) >= 11 is 3.80. The maximum atomic E-state index is 10.7. The quantitative estimate of drug-likeness (QED) is 0.487. The van der Waals surface area contributed by atoms with Gasteiger partial charge in [-0.1, -0.05) is 0 Å². The van der Waals surface area contributed by atoms with E-state index in [1.54, 1.807) is 0 Å². The van der Waals surface area contributed by atoms with E-state index in [1.165, 1.54) is 0 Å². The molecule has 0 unspecified atom stereocenters. The highest BCUT2D eigenvalue weighted by Gasteiger charge is 2.18. The van der Waals surface area contributed by atoms with Gasteiger partial charge in [0.15, 0.2) is 0 Å². The number of hydrogen-bond acceptors (Lipinski definition) is 6. The topological polar surface area (TPSA) is 112 Å². The van der Waals surface area contributed by atoms with Gasteiger partial charge in [0.2, 0.25) is 0 Å². The van der Waals surface area contributed by atoms with Gasteiger partial charge in [0.1, 0.15) is 6.04 Å². The molecule has 0 aliphatic carbocycles. The lowest BCUT2D eigenvalue weighted by Crippen LogP contribution is -2.35. The Hall–Kier alpha value is -0.310. The van der Waals surface area contributed by atoms with Crippen molar-refractivity contribution in [2.45, 2.75) is 12.5 Å². The van der Waals surface area contributed by atoms with Crippen LogP contribution < -0.4 is 10.9 Å². The van der Waals surface area contributed by atoms with Crippen LogP contribution >= 0.6 is 12.6 Å². The van der Waals surface area contributed by atoms with E-state index in [4.69, 9.17) is 5.73 Å². The third kappa shape index (κ3) is 5.35. The molecule has 0 aromatic rings. The molecule has 0 aliphatic heterocycles. The first-order valence-corrected chi connectivity index (χ1v) is 5.09. The van der Waals surface area contributed by atoms with Crippen LogP contribution in [0.3, 0.4) is 0 Å². The van der Waals surface area contributed by atoms with Crippen molar-refractivity contribution in [3.05, 3.63) is 0 Å². The summed E-state index contributed by atoms with van der Waals surface area (Å²) in [5.74, 6) is -0.701. The first-order chi connectivity index (χ1) is 5.37. The third-order valence-electron chi connectivity index (χ3n) is 0.941. The molecule has 0 amide bonds. The monoisotopic (exact) mass is 214 g/mol. The summed E-state index contributed by atoms with van der Waals surface area (Å²) in [6.45, 7) is 0. The lowest BCUT2D eigenvalue weighted by atomic mass is 10.2. The number of rotatable bonds is 4. The van der Waals surface area contributed by atoms with E-state index in [0.717, 1.165) is 0 Å². The Labute approximate surface area is 75.9 Å². The Kier molecular flexibility index (Phi) is 4.53. The molecule has 0 radical (unpaired) electrons. The van der Waals surface area contributed by atoms with Crippen LogP contribution in [0.15, 0.2) is 0 Å². The number of carbonyl (C=O) groups is 1. The van der Waals surface area contributed by atoms with Crippen LogP contribution in [-0.2, 0) is 19.3 Å². The lowest BCUT2D eigenvalue weighted by Gasteiger charge is -2.06. The molecule has 0 aliphatic rings. The highest BCUT2D eigenvalue weighted by Crippen LogP contribution is 1.95. The van der Waals surface area contributed by atoms with E-state index < -0.39 is 22.3 Å². The molecule has 0 bridgehead atoms. The van der Waals surface area contributed by atoms with E-state index in [0.29, 0.717) is 5.75 Å². The van der Waals surface area contributed by atoms with Crippen LogP contribution in [0.1, 0.15) is 6.42 Å². The summed E-state index contributed by atoms with van der Waals surface area (Å²) < 4.78 is 24.2. The molecule has 0 saturated heterocycles. The van der Waals surface area contributed by atoms with Crippen LogP contribution in [0.5, 0.6) is 0 Å². The summed E-state index contributed by atoms with van der Waals surface area (Å²) in [5.41, 5.74) is 5.19. The van der Waals surface area contributed by atoms with E-state index in [2.05, 4.69) is 22.0 Å². The Balaban J connectivity index is 4.05. The largest absolute Gasteiger partial charge is 0.382 e. The summed E-state index contributed by atoms with van der Waals surface area (Å²) in [7, 11) is -4.24. The summed E-state index contributed by atoms with van der Waals surface area (Å²) in [6.07, 6.45) is 0.234. The molecular weight excluding hydrogens is 204 g/mol. The minimum atomic E-state index is -4.24. The van der Waals surface area contributed by atoms with E-state index in [-0.39, 0.29) is 6.42 Å². The molecule has 0 saturated carbocycles. The maximum absolute atomic E-state index is 10.7. The molecule has 4 N–H and O–H groups in total. The van der Waals surface area contributed by atoms with Crippen molar-refractivity contribution >= 4 is 28.9 Å². The fourth-order valence-corrected chi connectivity index (χ4v) is 1.06. The highest BCUT2D eigenvalue weighted by molar-refractivity contribution is 7.84. The van der Waals surface area contributed by atoms with Crippen molar-refractivity contribution < 1.29 is 17.4 Å². The van der Waals surface area contributed by atoms with Crippen LogP contribution in [0.25, 0.3) is 0 Å². The molecule has 0 rings (SSSR count). The van der Waals surface area contributed by atoms with Gasteiger partial charge in [-0.15, -0.1) is 0 Å². The van der Waals surface area contributed by atoms with Gasteiger partial charge in [-0.3, -0.25) is 0 Å². The van der Waals surface area contributed by atoms with Crippen molar-refractivity contribution in [3.8, 4) is 0 Å². The second-order valence-corrected chi connectivity index (χ2v) is 3.61. The normalized spacial score (nSPS) is 13.9. The minimum Gasteiger partial charge on any atom is -0.333 e. The zero-order valence-electron chi connectivity index (χ0n) is 6.13. The third-order valence-corrected chi connectivity index (χ3v) is 1.60. The van der Waals surface area contributed by atoms with E-state index >= 15 is 0 Å². The van der Waals surface area contributed by atoms with Gasteiger partial charge in [-0.2, -0.15) is 26.2 Å². The molecule has 8 heteroatoms. The number of carbonyl (C=O) groups excluding carboxylic acids is 1. The zero-order chi connectivity index (χ0) is 9.78. The Morgan fingerprint density at radius 1 is 1.58 bits per heavy atom. The first-order valence-electron chi connectivity index (χ1n) is 2.99. The first kappa shape index (κ1) is 11.7. The van der Waals surface area contributed by atoms with Crippen molar-refractivity contribution in [3.63, 3.8) is 0 Å². The van der Waals surface area contributed by atoms with Gasteiger partial charge in [0.05, 0.1) is 0 Å². The van der Waals surface area contributed by atoms with Gasteiger partial charge >= 0.3 is 16.3 Å². The predicted molar refractivity (Wildman–Crippen MR) is 45.6 cm³/mol. The van der Waals surface area contributed by atoms with Crippen LogP contribution in [0.4, 0.5) is 0 Å². The molecule has 12 heavy (non-hydrogen) atoms. The minimum absolute atomic E-state index is 0.234. The van der Waals surface area contributed by atoms with Crippen molar-refractivity contribution in [1.29, 1.82) is 0 Å². The van der Waals surface area contributed by atoms with Gasteiger partial charge in [-0.05, 0) is 12.2 Å². The van der Waals surface area contributed by atoms with E-state index in [9.17, 15) is 13.2 Å². The highest BCUT2D eigenvalue weighted by atomic mass is 32.2. The summed E-state index contributed by atoms with van der Waals surface area (Å²) in [6, 6.07) is -0.999. The second-order valence-electron chi connectivity index (χ2n) is 2.01. The molecule has 72 valence electrons. The fourth-order valence-electron chi connectivity index (χ4n) is 0.433. The van der Waals surface area contributed by atoms with Crippen molar-refractivity contribution in [2.75, 3.05) is 5.75 Å². The number of nitrogens with two attached hydrogens (primary N) is 2. The fraction of sp³-hybridized carbons (Fsp3) is 0.750. The van der Waals surface area contributed by atoms with Crippen LogP contribution in [0, 0.1) is 0 Å². The molecule has 0 aromatic carbocycles. The molecule has 1 atom stereocenters. The molecular formula is C4H10N2O4S2. The molecule has 6 nitrogen and oxygen atoms in total. The molecule has 0 heterocycles. The van der Waals surface area contributed by atoms with Gasteiger partial charge in [0.25, 0.3) is 0 Å². The number of thiol groups is 1. The Morgan fingerprint density at radius 2 is 2.08 bits per heavy atom. The average Bonchev–Trinajstić information content (AvgIpc) is 1.84. The SMILES string of the molecule is N[C@@H](CCS)C(=O)OS(N)(=O)=O. The van der Waals surface area contributed by atoms with Crippen LogP contribution in [0.2, 0.25) is 0 Å². The van der Waals surface area contributed by atoms with Gasteiger partial charge < -0.3 is 9.92 Å². The molecule has 0 aromatic heterocycles. The molecule has 0 spiro atoms. The van der Waals surface area contributed by atoms with E-state index in [1.807, 2.05) is 0 Å². The Morgan fingerprint density at radius 3 is 2.42 bits per heavy atom.